The van der Waals surface area contributed by atoms with Crippen LogP contribution in [-0.2, 0) is 0 Å². The van der Waals surface area contributed by atoms with Gasteiger partial charge in [0.15, 0.2) is 5.82 Å². The molecule has 0 spiro atoms. The van der Waals surface area contributed by atoms with Gasteiger partial charge in [0.25, 0.3) is 5.56 Å². The fourth-order valence-corrected chi connectivity index (χ4v) is 1.52. The van der Waals surface area contributed by atoms with Crippen molar-refractivity contribution in [1.82, 2.24) is 14.9 Å². The van der Waals surface area contributed by atoms with E-state index in [1.807, 2.05) is 0 Å². The van der Waals surface area contributed by atoms with Gasteiger partial charge < -0.3 is 11.2 Å². The maximum Gasteiger partial charge on any atom is 0.271 e. The molecule has 0 saturated carbocycles. The molecule has 7 nitrogen and oxygen atoms in total. The number of nitrogens with zero attached hydrogens (tertiary/aromatic N) is 4. The summed E-state index contributed by atoms with van der Waals surface area (Å²) in [5.41, 5.74) is 0.252. The number of nitrogens with one attached hydrogen (secondary N) is 1. The molecular formula is C8H6N6O. The Morgan fingerprint density at radius 3 is 3.13 bits per heavy atom. The van der Waals surface area contributed by atoms with E-state index in [1.54, 1.807) is 6.07 Å². The average Bonchev–Trinajstić information content (AvgIpc) is 2.45. The minimum absolute atomic E-state index is 0.333. The third-order valence-electron chi connectivity index (χ3n) is 2.14. The summed E-state index contributed by atoms with van der Waals surface area (Å²) in [5, 5.41) is 7.47. The van der Waals surface area contributed by atoms with Gasteiger partial charge in [-0.25, -0.2) is 4.99 Å². The summed E-state index contributed by atoms with van der Waals surface area (Å²) >= 11 is 0. The molecule has 15 heavy (non-hydrogen) atoms. The first kappa shape index (κ1) is 7.92. The second-order valence-electron chi connectivity index (χ2n) is 3.06. The van der Waals surface area contributed by atoms with Gasteiger partial charge >= 0.3 is 0 Å². The Morgan fingerprint density at radius 2 is 2.27 bits per heavy atom. The Kier molecular flexibility index (Phi) is 1.34. The van der Waals surface area contributed by atoms with Crippen molar-refractivity contribution in [3.8, 4) is 0 Å². The number of nitrogen functional groups attached to an aromatic ring is 1. The molecule has 7 heteroatoms. The van der Waals surface area contributed by atoms with Gasteiger partial charge in [0.05, 0.1) is 11.7 Å². The molecule has 0 aromatic carbocycles. The zero-order valence-corrected chi connectivity index (χ0v) is 7.51. The van der Waals surface area contributed by atoms with Crippen LogP contribution >= 0.6 is 0 Å². The van der Waals surface area contributed by atoms with Crippen LogP contribution in [0.3, 0.4) is 0 Å². The maximum atomic E-state index is 11.2. The molecule has 0 saturated heterocycles. The van der Waals surface area contributed by atoms with E-state index in [4.69, 9.17) is 5.84 Å². The summed E-state index contributed by atoms with van der Waals surface area (Å²) in [7, 11) is 0. The van der Waals surface area contributed by atoms with Gasteiger partial charge in [-0.3, -0.25) is 4.79 Å². The first-order chi connectivity index (χ1) is 7.25. The zero-order valence-electron chi connectivity index (χ0n) is 7.51. The fraction of sp³-hybridized carbons (Fsp3) is 0. The van der Waals surface area contributed by atoms with E-state index in [-0.39, 0.29) is 5.56 Å². The molecule has 1 aliphatic heterocycles. The molecule has 0 amide bonds. The van der Waals surface area contributed by atoms with Crippen LogP contribution in [0.25, 0.3) is 10.9 Å². The largest absolute Gasteiger partial charge is 0.330 e. The van der Waals surface area contributed by atoms with Gasteiger partial charge in [0.1, 0.15) is 11.3 Å². The van der Waals surface area contributed by atoms with E-state index >= 15 is 0 Å². The van der Waals surface area contributed by atoms with Crippen molar-refractivity contribution in [2.45, 2.75) is 0 Å². The van der Waals surface area contributed by atoms with Gasteiger partial charge in [0, 0.05) is 6.07 Å². The van der Waals surface area contributed by atoms with Crippen LogP contribution in [-0.4, -0.2) is 21.2 Å². The average molecular weight is 202 g/mol. The van der Waals surface area contributed by atoms with Crippen molar-refractivity contribution < 1.29 is 0 Å². The monoisotopic (exact) mass is 202 g/mol. The molecule has 74 valence electrons. The van der Waals surface area contributed by atoms with Crippen LogP contribution in [0.4, 0.5) is 11.6 Å². The molecular weight excluding hydrogens is 196 g/mol. The van der Waals surface area contributed by atoms with E-state index in [9.17, 15) is 4.79 Å². The predicted molar refractivity (Wildman–Crippen MR) is 55.7 cm³/mol. The van der Waals surface area contributed by atoms with Crippen molar-refractivity contribution in [2.24, 2.45) is 4.99 Å². The second kappa shape index (κ2) is 2.53. The summed E-state index contributed by atoms with van der Waals surface area (Å²) < 4.78 is 0. The van der Waals surface area contributed by atoms with Crippen LogP contribution < -0.4 is 16.7 Å². The molecule has 2 aromatic rings. The van der Waals surface area contributed by atoms with Gasteiger partial charge in [0.2, 0.25) is 0 Å². The lowest BCUT2D eigenvalue weighted by atomic mass is 10.3. The van der Waals surface area contributed by atoms with Gasteiger partial charge in [-0.2, -0.15) is 14.9 Å². The van der Waals surface area contributed by atoms with Crippen molar-refractivity contribution in [2.75, 3.05) is 11.2 Å². The SMILES string of the molecule is Nn1nc2ccc(=O)nc3c2c1N=CN3. The molecule has 0 fully saturated rings. The fourth-order valence-electron chi connectivity index (χ4n) is 1.52. The highest BCUT2D eigenvalue weighted by molar-refractivity contribution is 6.04. The predicted octanol–water partition coefficient (Wildman–Crippen LogP) is -0.409. The minimum atomic E-state index is -0.333. The number of nitrogens with two attached hydrogens (primary N) is 1. The van der Waals surface area contributed by atoms with E-state index in [0.717, 1.165) is 4.79 Å². The summed E-state index contributed by atoms with van der Waals surface area (Å²) in [5.74, 6) is 6.52. The molecule has 0 radical (unpaired) electrons. The molecule has 0 aliphatic carbocycles. The van der Waals surface area contributed by atoms with E-state index in [0.29, 0.717) is 22.5 Å². The Hall–Kier alpha value is -2.44. The van der Waals surface area contributed by atoms with Crippen LogP contribution in [0.2, 0.25) is 0 Å². The number of rotatable bonds is 0. The molecule has 0 unspecified atom stereocenters. The van der Waals surface area contributed by atoms with E-state index < -0.39 is 0 Å². The van der Waals surface area contributed by atoms with Crippen LogP contribution in [0.5, 0.6) is 0 Å². The molecule has 2 aromatic heterocycles. The van der Waals surface area contributed by atoms with Crippen molar-refractivity contribution in [3.05, 3.63) is 22.5 Å². The first-order valence-electron chi connectivity index (χ1n) is 4.24. The van der Waals surface area contributed by atoms with E-state index in [2.05, 4.69) is 20.4 Å². The summed E-state index contributed by atoms with van der Waals surface area (Å²) in [6.07, 6.45) is 1.43. The number of anilines is 1. The third kappa shape index (κ3) is 0.997. The number of aliphatic imine (C=N–C) groups is 1. The lowest BCUT2D eigenvalue weighted by Crippen LogP contribution is -2.12. The zero-order chi connectivity index (χ0) is 10.4. The molecule has 3 heterocycles. The molecule has 0 bridgehead atoms. The highest BCUT2D eigenvalue weighted by Crippen LogP contribution is 2.30. The second-order valence-corrected chi connectivity index (χ2v) is 3.06. The first-order valence-corrected chi connectivity index (χ1v) is 4.24. The van der Waals surface area contributed by atoms with Gasteiger partial charge in [-0.1, -0.05) is 0 Å². The number of hydrogen-bond donors (Lipinski definition) is 2. The third-order valence-corrected chi connectivity index (χ3v) is 2.14. The molecule has 3 N–H and O–H groups in total. The van der Waals surface area contributed by atoms with Crippen LogP contribution in [0.1, 0.15) is 0 Å². The standard InChI is InChI=1S/C8H6N6O/c9-14-8-6-4(13-14)1-2-5(15)12-7(6)10-3-11-8/h1-3H,9H2,(H,10,11,12,15). The normalized spacial score (nSPS) is 12.8. The molecule has 1 aliphatic rings. The summed E-state index contributed by atoms with van der Waals surface area (Å²) in [6, 6.07) is 2.92. The van der Waals surface area contributed by atoms with Gasteiger partial charge in [-0.05, 0) is 6.07 Å². The van der Waals surface area contributed by atoms with Crippen molar-refractivity contribution in [3.63, 3.8) is 0 Å². The van der Waals surface area contributed by atoms with E-state index in [1.165, 1.54) is 12.4 Å². The summed E-state index contributed by atoms with van der Waals surface area (Å²) in [4.78, 5) is 20.2. The lowest BCUT2D eigenvalue weighted by molar-refractivity contribution is 0.847. The Morgan fingerprint density at radius 1 is 1.40 bits per heavy atom. The molecule has 0 atom stereocenters. The molecule has 3 rings (SSSR count). The van der Waals surface area contributed by atoms with Crippen LogP contribution in [0, 0.1) is 0 Å². The van der Waals surface area contributed by atoms with Crippen molar-refractivity contribution in [1.29, 1.82) is 0 Å². The Balaban J connectivity index is 2.60. The Labute approximate surface area is 83.2 Å². The smallest absolute Gasteiger partial charge is 0.271 e. The quantitative estimate of drug-likeness (QED) is 0.566. The lowest BCUT2D eigenvalue weighted by Gasteiger charge is -2.03. The highest BCUT2D eigenvalue weighted by atomic mass is 16.1. The number of aromatic nitrogens is 3. The van der Waals surface area contributed by atoms with Crippen molar-refractivity contribution >= 4 is 28.9 Å². The summed E-state index contributed by atoms with van der Waals surface area (Å²) in [6.45, 7) is 0. The minimum Gasteiger partial charge on any atom is -0.330 e. The maximum absolute atomic E-state index is 11.2. The Bertz CT molecular complexity index is 643. The topological polar surface area (TPSA) is 98.2 Å². The van der Waals surface area contributed by atoms with Gasteiger partial charge in [-0.15, -0.1) is 0 Å². The highest BCUT2D eigenvalue weighted by Gasteiger charge is 2.15. The van der Waals surface area contributed by atoms with Crippen LogP contribution in [0.15, 0.2) is 21.9 Å². The number of hydrogen-bond acceptors (Lipinski definition) is 6.